The molecule has 5 heterocycles. The molecule has 3 atom stereocenters. The first-order chi connectivity index (χ1) is 25.2. The van der Waals surface area contributed by atoms with Crippen molar-refractivity contribution < 1.29 is 14.0 Å². The first-order valence-electron chi connectivity index (χ1n) is 18.9. The van der Waals surface area contributed by atoms with Gasteiger partial charge in [-0.1, -0.05) is 79.1 Å². The number of aryl methyl sites for hydroxylation is 2. The number of carbonyl (C=O) groups is 2. The minimum Gasteiger partial charge on any atom is -0.288 e. The van der Waals surface area contributed by atoms with Gasteiger partial charge < -0.3 is 0 Å². The summed E-state index contributed by atoms with van der Waals surface area (Å²) < 4.78 is 25.4. The topological polar surface area (TPSA) is 59.9 Å². The van der Waals surface area contributed by atoms with Gasteiger partial charge in [0.1, 0.15) is 11.5 Å². The molecule has 274 valence electrons. The van der Waals surface area contributed by atoms with Crippen LogP contribution in [0, 0.1) is 25.7 Å². The summed E-state index contributed by atoms with van der Waals surface area (Å²) in [6.45, 7) is 13.0. The van der Waals surface area contributed by atoms with Gasteiger partial charge in [0.2, 0.25) is 0 Å². The molecule has 0 aromatic carbocycles. The van der Waals surface area contributed by atoms with Gasteiger partial charge in [-0.2, -0.15) is 8.75 Å². The second kappa shape index (κ2) is 16.0. The standard InChI is InChI=1S/C42H47FN2O2S5/c1-7-11-13-24(9-3)19-31-35-36(32(51-31)20-25(10-4)14-12-8-2)41(47)37-33(40(35)46)23(6)49-42(37)30-18-17-29(50-30)34-27(43)21-26(28-16-15-22(5)48-28)38-39(34)45-52-44-38/h15-18,24-26H,7-14,19-21H2,1-6H3. The zero-order valence-corrected chi connectivity index (χ0v) is 35.0. The van der Waals surface area contributed by atoms with Gasteiger partial charge >= 0.3 is 0 Å². The molecule has 2 aliphatic carbocycles. The molecule has 0 radical (unpaired) electrons. The van der Waals surface area contributed by atoms with E-state index in [1.165, 1.54) is 40.4 Å². The van der Waals surface area contributed by atoms with Crippen molar-refractivity contribution in [3.05, 3.63) is 93.0 Å². The number of rotatable bonds is 15. The molecule has 0 saturated heterocycles. The molecular formula is C42H47FN2O2S5. The van der Waals surface area contributed by atoms with Gasteiger partial charge in [0.25, 0.3) is 0 Å². The summed E-state index contributed by atoms with van der Waals surface area (Å²) >= 11 is 7.55. The number of unbranched alkanes of at least 4 members (excludes halogenated alkanes) is 2. The monoisotopic (exact) mass is 790 g/mol. The van der Waals surface area contributed by atoms with Gasteiger partial charge in [0, 0.05) is 63.2 Å². The average Bonchev–Trinajstić information content (AvgIpc) is 3.98. The molecule has 3 unspecified atom stereocenters. The van der Waals surface area contributed by atoms with Crippen LogP contribution < -0.4 is 0 Å². The van der Waals surface area contributed by atoms with Gasteiger partial charge in [0.05, 0.1) is 33.4 Å². The van der Waals surface area contributed by atoms with Crippen molar-refractivity contribution in [3.8, 4) is 9.75 Å². The van der Waals surface area contributed by atoms with Crippen molar-refractivity contribution in [2.24, 2.45) is 11.8 Å². The molecule has 52 heavy (non-hydrogen) atoms. The van der Waals surface area contributed by atoms with Crippen LogP contribution >= 0.6 is 57.1 Å². The van der Waals surface area contributed by atoms with E-state index in [0.717, 1.165) is 103 Å². The van der Waals surface area contributed by atoms with Crippen LogP contribution in [0.5, 0.6) is 0 Å². The number of ketones is 2. The van der Waals surface area contributed by atoms with E-state index >= 15 is 4.39 Å². The number of carbonyl (C=O) groups excluding carboxylic acids is 2. The summed E-state index contributed by atoms with van der Waals surface area (Å²) in [5, 5.41) is 0. The highest BCUT2D eigenvalue weighted by Crippen LogP contribution is 2.51. The number of hydrogen-bond acceptors (Lipinski definition) is 9. The molecule has 7 rings (SSSR count). The first kappa shape index (κ1) is 37.7. The molecule has 0 N–H and O–H groups in total. The van der Waals surface area contributed by atoms with Crippen LogP contribution in [0.2, 0.25) is 0 Å². The number of hydrogen-bond donors (Lipinski definition) is 0. The van der Waals surface area contributed by atoms with Gasteiger partial charge in [-0.05, 0) is 62.8 Å². The van der Waals surface area contributed by atoms with Crippen molar-refractivity contribution in [2.45, 2.75) is 118 Å². The highest BCUT2D eigenvalue weighted by molar-refractivity contribution is 7.23. The highest BCUT2D eigenvalue weighted by Gasteiger charge is 2.41. The van der Waals surface area contributed by atoms with Crippen LogP contribution in [-0.2, 0) is 12.8 Å². The Morgan fingerprint density at radius 2 is 1.38 bits per heavy atom. The first-order valence-corrected chi connectivity index (χ1v) is 22.9. The third-order valence-electron chi connectivity index (χ3n) is 11.0. The highest BCUT2D eigenvalue weighted by atomic mass is 32.1. The van der Waals surface area contributed by atoms with Crippen molar-refractivity contribution in [3.63, 3.8) is 0 Å². The molecule has 0 aliphatic heterocycles. The van der Waals surface area contributed by atoms with Gasteiger partial charge in [-0.15, -0.1) is 45.3 Å². The summed E-state index contributed by atoms with van der Waals surface area (Å²) in [7, 11) is 0. The molecule has 0 saturated carbocycles. The molecule has 0 fully saturated rings. The number of fused-ring (bicyclic) bond motifs is 3. The molecule has 0 bridgehead atoms. The number of thiophene rings is 4. The molecular weight excluding hydrogens is 744 g/mol. The van der Waals surface area contributed by atoms with E-state index < -0.39 is 0 Å². The lowest BCUT2D eigenvalue weighted by Crippen LogP contribution is -2.22. The molecule has 4 nitrogen and oxygen atoms in total. The minimum atomic E-state index is -0.182. The second-order valence-corrected chi connectivity index (χ2v) is 19.8. The fraction of sp³-hybridized carbons (Fsp3) is 0.476. The van der Waals surface area contributed by atoms with Gasteiger partial charge in [-0.25, -0.2) is 4.39 Å². The van der Waals surface area contributed by atoms with Crippen LogP contribution in [-0.4, -0.2) is 20.3 Å². The average molecular weight is 791 g/mol. The second-order valence-electron chi connectivity index (χ2n) is 14.5. The quantitative estimate of drug-likeness (QED) is 0.104. The van der Waals surface area contributed by atoms with E-state index in [2.05, 4.69) is 55.5 Å². The van der Waals surface area contributed by atoms with E-state index in [1.807, 2.05) is 19.1 Å². The molecule has 2 aliphatic rings. The van der Waals surface area contributed by atoms with Crippen LogP contribution in [0.15, 0.2) is 30.1 Å². The van der Waals surface area contributed by atoms with E-state index in [0.29, 0.717) is 45.4 Å². The van der Waals surface area contributed by atoms with Crippen molar-refractivity contribution >= 4 is 74.2 Å². The maximum atomic E-state index is 16.2. The smallest absolute Gasteiger partial charge is 0.197 e. The molecule has 5 aromatic heterocycles. The van der Waals surface area contributed by atoms with E-state index in [9.17, 15) is 9.59 Å². The summed E-state index contributed by atoms with van der Waals surface area (Å²) in [6, 6.07) is 8.09. The molecule has 0 amide bonds. The van der Waals surface area contributed by atoms with Crippen LogP contribution in [0.4, 0.5) is 4.39 Å². The maximum absolute atomic E-state index is 16.2. The third-order valence-corrected chi connectivity index (χ3v) is 16.3. The van der Waals surface area contributed by atoms with E-state index in [1.54, 1.807) is 22.7 Å². The summed E-state index contributed by atoms with van der Waals surface area (Å²) in [5.74, 6) is 0.666. The van der Waals surface area contributed by atoms with Gasteiger partial charge in [0.15, 0.2) is 11.6 Å². The lowest BCUT2D eigenvalue weighted by Gasteiger charge is -2.20. The third kappa shape index (κ3) is 6.91. The van der Waals surface area contributed by atoms with Crippen LogP contribution in [0.25, 0.3) is 15.3 Å². The Morgan fingerprint density at radius 1 is 0.750 bits per heavy atom. The van der Waals surface area contributed by atoms with Crippen LogP contribution in [0.3, 0.4) is 0 Å². The number of halogens is 1. The molecule has 5 aromatic rings. The Labute approximate surface area is 327 Å². The summed E-state index contributed by atoms with van der Waals surface area (Å²) in [4.78, 5) is 37.5. The fourth-order valence-electron chi connectivity index (χ4n) is 7.99. The van der Waals surface area contributed by atoms with Crippen molar-refractivity contribution in [1.29, 1.82) is 0 Å². The number of allylic oxidation sites excluding steroid dienone is 1. The number of nitrogens with zero attached hydrogens (tertiary/aromatic N) is 2. The maximum Gasteiger partial charge on any atom is 0.197 e. The van der Waals surface area contributed by atoms with Crippen LogP contribution in [0.1, 0.15) is 164 Å². The minimum absolute atomic E-state index is 0.00788. The molecule has 0 spiro atoms. The van der Waals surface area contributed by atoms with E-state index in [-0.39, 0.29) is 29.7 Å². The zero-order valence-electron chi connectivity index (χ0n) is 30.9. The largest absolute Gasteiger partial charge is 0.288 e. The predicted octanol–water partition coefficient (Wildman–Crippen LogP) is 13.6. The van der Waals surface area contributed by atoms with Gasteiger partial charge in [-0.3, -0.25) is 9.59 Å². The normalized spacial score (nSPS) is 16.7. The number of aromatic nitrogens is 2. The summed E-state index contributed by atoms with van der Waals surface area (Å²) in [6.07, 6.45) is 11.0. The Hall–Kier alpha value is -2.63. The van der Waals surface area contributed by atoms with Crippen molar-refractivity contribution in [2.75, 3.05) is 0 Å². The SMILES string of the molecule is CCCCC(CC)Cc1sc(CC(CC)CCCC)c2c1C(=O)c1c(C)sc(-c3ccc(C4=C(F)CC(c5ccc(C)s5)c5nsnc54)s3)c1C2=O. The lowest BCUT2D eigenvalue weighted by molar-refractivity contribution is 0.0979. The Morgan fingerprint density at radius 3 is 1.98 bits per heavy atom. The fourth-order valence-corrected chi connectivity index (χ4v) is 13.4. The Balaban J connectivity index is 1.27. The van der Waals surface area contributed by atoms with Crippen molar-refractivity contribution in [1.82, 2.24) is 8.75 Å². The Kier molecular flexibility index (Phi) is 11.6. The molecule has 10 heteroatoms. The Bertz CT molecular complexity index is 2140. The lowest BCUT2D eigenvalue weighted by atomic mass is 9.81. The summed E-state index contributed by atoms with van der Waals surface area (Å²) in [5.41, 5.74) is 4.43. The zero-order chi connectivity index (χ0) is 36.7. The van der Waals surface area contributed by atoms with E-state index in [4.69, 9.17) is 0 Å². The predicted molar refractivity (Wildman–Crippen MR) is 220 cm³/mol.